The molecule has 0 saturated carbocycles. The third kappa shape index (κ3) is 1.96. The predicted octanol–water partition coefficient (Wildman–Crippen LogP) is 0.816. The fourth-order valence-corrected chi connectivity index (χ4v) is 3.23. The molecule has 0 radical (unpaired) electrons. The molecular formula is C11H14N4O3S. The van der Waals surface area contributed by atoms with Gasteiger partial charge in [-0.1, -0.05) is 18.3 Å². The number of nitrogens with one attached hydrogen (secondary N) is 1. The van der Waals surface area contributed by atoms with E-state index in [4.69, 9.17) is 10.5 Å². The van der Waals surface area contributed by atoms with Crippen molar-refractivity contribution in [3.63, 3.8) is 0 Å². The van der Waals surface area contributed by atoms with Gasteiger partial charge in [-0.25, -0.2) is 0 Å². The fourth-order valence-electron chi connectivity index (χ4n) is 2.38. The zero-order valence-corrected chi connectivity index (χ0v) is 11.2. The van der Waals surface area contributed by atoms with E-state index in [9.17, 15) is 9.59 Å². The number of rotatable bonds is 2. The number of aromatic amines is 1. The Morgan fingerprint density at radius 2 is 2.32 bits per heavy atom. The van der Waals surface area contributed by atoms with Gasteiger partial charge in [0.15, 0.2) is 5.65 Å². The molecule has 0 bridgehead atoms. The van der Waals surface area contributed by atoms with Crippen molar-refractivity contribution in [2.24, 2.45) is 0 Å². The molecule has 0 spiro atoms. The van der Waals surface area contributed by atoms with Crippen molar-refractivity contribution in [1.82, 2.24) is 14.5 Å². The molecule has 0 amide bonds. The van der Waals surface area contributed by atoms with E-state index in [2.05, 4.69) is 9.97 Å². The minimum Gasteiger partial charge on any atom is -0.369 e. The lowest BCUT2D eigenvalue weighted by atomic mass is 10.2. The molecule has 3 rings (SSSR count). The van der Waals surface area contributed by atoms with Gasteiger partial charge in [-0.3, -0.25) is 19.1 Å². The Kier molecular flexibility index (Phi) is 2.90. The highest BCUT2D eigenvalue weighted by atomic mass is 32.1. The number of aromatic nitrogens is 3. The van der Waals surface area contributed by atoms with Gasteiger partial charge in [0.1, 0.15) is 10.9 Å². The third-order valence-corrected chi connectivity index (χ3v) is 4.26. The van der Waals surface area contributed by atoms with Crippen LogP contribution in [0.4, 0.5) is 5.95 Å². The van der Waals surface area contributed by atoms with Crippen LogP contribution in [0.1, 0.15) is 32.4 Å². The second-order valence-electron chi connectivity index (χ2n) is 4.54. The molecular weight excluding hydrogens is 268 g/mol. The van der Waals surface area contributed by atoms with Gasteiger partial charge in [-0.2, -0.15) is 4.98 Å². The summed E-state index contributed by atoms with van der Waals surface area (Å²) in [5.74, 6) is 0.00842. The van der Waals surface area contributed by atoms with Crippen LogP contribution in [-0.4, -0.2) is 20.6 Å². The number of ether oxygens (including phenoxy) is 1. The quantitative estimate of drug-likeness (QED) is 0.848. The maximum absolute atomic E-state index is 12.1. The Balaban J connectivity index is 2.16. The first-order valence-corrected chi connectivity index (χ1v) is 6.98. The molecule has 2 aromatic rings. The third-order valence-electron chi connectivity index (χ3n) is 3.32. The van der Waals surface area contributed by atoms with Crippen LogP contribution < -0.4 is 16.2 Å². The minimum atomic E-state index is -0.381. The summed E-state index contributed by atoms with van der Waals surface area (Å²) in [4.78, 5) is 30.0. The van der Waals surface area contributed by atoms with Crippen LogP contribution in [0, 0.1) is 0 Å². The van der Waals surface area contributed by atoms with Crippen molar-refractivity contribution in [2.45, 2.75) is 38.5 Å². The Hall–Kier alpha value is -1.67. The fraction of sp³-hybridized carbons (Fsp3) is 0.545. The molecule has 0 aromatic carbocycles. The largest absolute Gasteiger partial charge is 0.369 e. The standard InChI is InChI=1S/C11H14N4O3S/c1-2-5-3-4-6(18-5)15-8-7(19-11(15)17)9(16)14-10(12)13-8/h5-6H,2-4H2,1H3,(H3,12,13,14,16)/t5?,6-/m1/s1. The lowest BCUT2D eigenvalue weighted by molar-refractivity contribution is 0.00198. The zero-order chi connectivity index (χ0) is 13.6. The molecule has 1 aliphatic rings. The number of H-pyrrole nitrogens is 1. The van der Waals surface area contributed by atoms with Gasteiger partial charge in [0.25, 0.3) is 5.56 Å². The summed E-state index contributed by atoms with van der Waals surface area (Å²) in [6, 6.07) is 0. The molecule has 102 valence electrons. The van der Waals surface area contributed by atoms with Crippen LogP contribution in [0.5, 0.6) is 0 Å². The molecule has 0 aliphatic carbocycles. The minimum absolute atomic E-state index is 0.00842. The molecule has 19 heavy (non-hydrogen) atoms. The smallest absolute Gasteiger partial charge is 0.311 e. The molecule has 1 saturated heterocycles. The van der Waals surface area contributed by atoms with Crippen LogP contribution in [0.15, 0.2) is 9.59 Å². The SMILES string of the molecule is CCC1CC[C@H](n2c(=O)sc3c(=O)[nH]c(N)nc32)O1. The van der Waals surface area contributed by atoms with Gasteiger partial charge >= 0.3 is 4.87 Å². The van der Waals surface area contributed by atoms with Crippen LogP contribution >= 0.6 is 11.3 Å². The average Bonchev–Trinajstić information content (AvgIpc) is 2.93. The summed E-state index contributed by atoms with van der Waals surface area (Å²) in [7, 11) is 0. The Morgan fingerprint density at radius 3 is 3.00 bits per heavy atom. The number of nitrogen functional groups attached to an aromatic ring is 1. The lowest BCUT2D eigenvalue weighted by Crippen LogP contribution is -2.21. The average molecular weight is 282 g/mol. The molecule has 1 aliphatic heterocycles. The number of anilines is 1. The topological polar surface area (TPSA) is 103 Å². The first kappa shape index (κ1) is 12.4. The molecule has 1 fully saturated rings. The van der Waals surface area contributed by atoms with Crippen molar-refractivity contribution in [2.75, 3.05) is 5.73 Å². The van der Waals surface area contributed by atoms with E-state index in [1.807, 2.05) is 6.92 Å². The monoisotopic (exact) mass is 282 g/mol. The lowest BCUT2D eigenvalue weighted by Gasteiger charge is -2.13. The molecule has 1 unspecified atom stereocenters. The maximum atomic E-state index is 12.1. The summed E-state index contributed by atoms with van der Waals surface area (Å²) < 4.78 is 7.54. The number of nitrogens with zero attached hydrogens (tertiary/aromatic N) is 2. The van der Waals surface area contributed by atoms with Crippen molar-refractivity contribution in [3.05, 3.63) is 20.0 Å². The van der Waals surface area contributed by atoms with E-state index in [0.29, 0.717) is 10.3 Å². The Labute approximate surface area is 112 Å². The van der Waals surface area contributed by atoms with Gasteiger partial charge in [-0.15, -0.1) is 0 Å². The van der Waals surface area contributed by atoms with Gasteiger partial charge in [-0.05, 0) is 19.3 Å². The zero-order valence-electron chi connectivity index (χ0n) is 10.4. The second kappa shape index (κ2) is 4.46. The van der Waals surface area contributed by atoms with Gasteiger partial charge < -0.3 is 10.5 Å². The molecule has 8 heteroatoms. The normalized spacial score (nSPS) is 23.2. The molecule has 2 atom stereocenters. The number of hydrogen-bond acceptors (Lipinski definition) is 6. The Bertz CT molecular complexity index is 732. The number of fused-ring (bicyclic) bond motifs is 1. The highest BCUT2D eigenvalue weighted by molar-refractivity contribution is 7.16. The van der Waals surface area contributed by atoms with Crippen LogP contribution in [-0.2, 0) is 4.74 Å². The predicted molar refractivity (Wildman–Crippen MR) is 72.3 cm³/mol. The molecule has 3 heterocycles. The molecule has 2 aromatic heterocycles. The van der Waals surface area contributed by atoms with E-state index in [-0.39, 0.29) is 28.7 Å². The summed E-state index contributed by atoms with van der Waals surface area (Å²) in [6.07, 6.45) is 2.37. The van der Waals surface area contributed by atoms with Crippen LogP contribution in [0.25, 0.3) is 10.3 Å². The first-order chi connectivity index (χ1) is 9.10. The van der Waals surface area contributed by atoms with Crippen molar-refractivity contribution in [1.29, 1.82) is 0 Å². The van der Waals surface area contributed by atoms with E-state index in [1.165, 1.54) is 4.57 Å². The summed E-state index contributed by atoms with van der Waals surface area (Å²) in [5.41, 5.74) is 5.47. The highest BCUT2D eigenvalue weighted by Crippen LogP contribution is 2.31. The number of nitrogens with two attached hydrogens (primary N) is 1. The maximum Gasteiger partial charge on any atom is 0.311 e. The summed E-state index contributed by atoms with van der Waals surface area (Å²) in [6.45, 7) is 2.04. The van der Waals surface area contributed by atoms with E-state index in [1.54, 1.807) is 0 Å². The van der Waals surface area contributed by atoms with Crippen LogP contribution in [0.2, 0.25) is 0 Å². The van der Waals surface area contributed by atoms with Gasteiger partial charge in [0, 0.05) is 0 Å². The first-order valence-electron chi connectivity index (χ1n) is 6.16. The van der Waals surface area contributed by atoms with Crippen molar-refractivity contribution < 1.29 is 4.74 Å². The van der Waals surface area contributed by atoms with Gasteiger partial charge in [0.2, 0.25) is 5.95 Å². The summed E-state index contributed by atoms with van der Waals surface area (Å²) in [5, 5.41) is 0. The molecule has 3 N–H and O–H groups in total. The van der Waals surface area contributed by atoms with Crippen LogP contribution in [0.3, 0.4) is 0 Å². The highest BCUT2D eigenvalue weighted by Gasteiger charge is 2.29. The van der Waals surface area contributed by atoms with E-state index in [0.717, 1.165) is 30.6 Å². The van der Waals surface area contributed by atoms with E-state index < -0.39 is 0 Å². The van der Waals surface area contributed by atoms with Gasteiger partial charge in [0.05, 0.1) is 6.10 Å². The summed E-state index contributed by atoms with van der Waals surface area (Å²) >= 11 is 0.875. The second-order valence-corrected chi connectivity index (χ2v) is 5.50. The van der Waals surface area contributed by atoms with Crippen molar-refractivity contribution >= 4 is 27.6 Å². The number of thiazole rings is 1. The Morgan fingerprint density at radius 1 is 1.53 bits per heavy atom. The van der Waals surface area contributed by atoms with E-state index >= 15 is 0 Å². The van der Waals surface area contributed by atoms with Crippen molar-refractivity contribution in [3.8, 4) is 0 Å². The number of hydrogen-bond donors (Lipinski definition) is 2. The molecule has 7 nitrogen and oxygen atoms in total.